The van der Waals surface area contributed by atoms with E-state index in [4.69, 9.17) is 27.1 Å². The number of fused-ring (bicyclic) bond motifs is 1. The van der Waals surface area contributed by atoms with Crippen LogP contribution in [0.5, 0.6) is 0 Å². The molecule has 0 radical (unpaired) electrons. The smallest absolute Gasteiger partial charge is 0.204 e. The van der Waals surface area contributed by atoms with Crippen molar-refractivity contribution < 1.29 is 9.53 Å². The third-order valence-corrected chi connectivity index (χ3v) is 10.4. The Morgan fingerprint density at radius 3 is 2.57 bits per heavy atom. The number of carbonyl (C=O) groups excluding carboxylic acids is 1. The molecule has 1 atom stereocenters. The largest absolute Gasteiger partial charge is 0.365 e. The van der Waals surface area contributed by atoms with Gasteiger partial charge in [0.05, 0.1) is 21.7 Å². The Kier molecular flexibility index (Phi) is 8.75. The quantitative estimate of drug-likeness (QED) is 0.249. The Labute approximate surface area is 228 Å². The Hall–Kier alpha value is -1.45. The number of anilines is 1. The maximum atomic E-state index is 14.0. The van der Waals surface area contributed by atoms with Crippen molar-refractivity contribution in [3.8, 4) is 0 Å². The number of hydrogen-bond acceptors (Lipinski definition) is 6. The van der Waals surface area contributed by atoms with Crippen molar-refractivity contribution in [2.75, 3.05) is 37.7 Å². The van der Waals surface area contributed by atoms with Gasteiger partial charge < -0.3 is 15.4 Å². The van der Waals surface area contributed by atoms with Gasteiger partial charge in [-0.3, -0.25) is 14.3 Å². The van der Waals surface area contributed by atoms with Crippen LogP contribution in [0.15, 0.2) is 12.1 Å². The monoisotopic (exact) mass is 547 g/mol. The van der Waals surface area contributed by atoms with Gasteiger partial charge in [-0.1, -0.05) is 45.1 Å². The van der Waals surface area contributed by atoms with E-state index in [1.165, 1.54) is 0 Å². The number of Topliss-reactive ketones (excluding diaryl/α,β-unsaturated/α-hetero) is 1. The molecule has 1 aromatic carbocycles. The zero-order valence-electron chi connectivity index (χ0n) is 23.6. The molecule has 1 aliphatic heterocycles. The van der Waals surface area contributed by atoms with Crippen molar-refractivity contribution in [1.82, 2.24) is 14.5 Å². The zero-order chi connectivity index (χ0) is 27.0. The molecule has 1 saturated carbocycles. The SMILES string of the molecule is CCN1CCN(c2cc3nc(C(=O)C4(C)CCC(N)CC4)n(COCC[Si](C)(C)C)c3cc2Cl)C(C)C1. The number of hydrogen-bond donors (Lipinski definition) is 1. The van der Waals surface area contributed by atoms with E-state index in [1.807, 2.05) is 10.6 Å². The molecule has 1 unspecified atom stereocenters. The van der Waals surface area contributed by atoms with E-state index in [9.17, 15) is 4.79 Å². The molecule has 7 nitrogen and oxygen atoms in total. The van der Waals surface area contributed by atoms with Gasteiger partial charge in [-0.15, -0.1) is 0 Å². The van der Waals surface area contributed by atoms with Gasteiger partial charge in [0.1, 0.15) is 6.73 Å². The number of carbonyl (C=O) groups is 1. The number of ether oxygens (including phenoxy) is 1. The summed E-state index contributed by atoms with van der Waals surface area (Å²) < 4.78 is 8.10. The maximum Gasteiger partial charge on any atom is 0.204 e. The number of imidazole rings is 1. The first-order chi connectivity index (χ1) is 17.4. The minimum atomic E-state index is -1.22. The first kappa shape index (κ1) is 28.6. The second-order valence-electron chi connectivity index (χ2n) is 12.7. The van der Waals surface area contributed by atoms with Gasteiger partial charge in [-0.05, 0) is 57.3 Å². The van der Waals surface area contributed by atoms with Crippen LogP contribution in [0.1, 0.15) is 57.1 Å². The highest BCUT2D eigenvalue weighted by Gasteiger charge is 2.40. The summed E-state index contributed by atoms with van der Waals surface area (Å²) >= 11 is 6.92. The number of ketones is 1. The molecule has 2 aliphatic rings. The van der Waals surface area contributed by atoms with Crippen molar-refractivity contribution in [2.24, 2.45) is 11.1 Å². The fourth-order valence-electron chi connectivity index (χ4n) is 5.65. The van der Waals surface area contributed by atoms with Crippen LogP contribution < -0.4 is 10.6 Å². The van der Waals surface area contributed by atoms with Crippen molar-refractivity contribution in [3.63, 3.8) is 0 Å². The number of likely N-dealkylation sites (N-methyl/N-ethyl adjacent to an activating group) is 1. The van der Waals surface area contributed by atoms with Crippen LogP contribution in [0.3, 0.4) is 0 Å². The van der Waals surface area contributed by atoms with Crippen LogP contribution in [0.25, 0.3) is 11.0 Å². The van der Waals surface area contributed by atoms with E-state index in [2.05, 4.69) is 56.3 Å². The third-order valence-electron chi connectivity index (χ3n) is 8.39. The van der Waals surface area contributed by atoms with Crippen LogP contribution in [0.2, 0.25) is 30.7 Å². The van der Waals surface area contributed by atoms with Crippen LogP contribution in [0.4, 0.5) is 5.69 Å². The van der Waals surface area contributed by atoms with Gasteiger partial charge >= 0.3 is 0 Å². The summed E-state index contributed by atoms with van der Waals surface area (Å²) in [4.78, 5) is 23.8. The Morgan fingerprint density at radius 2 is 1.95 bits per heavy atom. The highest BCUT2D eigenvalue weighted by Crippen LogP contribution is 2.40. The van der Waals surface area contributed by atoms with Crippen molar-refractivity contribution in [2.45, 2.75) is 91.0 Å². The molecule has 1 saturated heterocycles. The highest BCUT2D eigenvalue weighted by molar-refractivity contribution is 6.76. The lowest BCUT2D eigenvalue weighted by molar-refractivity contribution is 0.0661. The molecule has 37 heavy (non-hydrogen) atoms. The Bertz CT molecular complexity index is 1110. The molecule has 1 aliphatic carbocycles. The molecule has 2 fully saturated rings. The minimum Gasteiger partial charge on any atom is -0.365 e. The molecule has 2 N–H and O–H groups in total. The summed E-state index contributed by atoms with van der Waals surface area (Å²) in [5, 5.41) is 0.696. The summed E-state index contributed by atoms with van der Waals surface area (Å²) in [7, 11) is -1.22. The van der Waals surface area contributed by atoms with Crippen LogP contribution >= 0.6 is 11.6 Å². The van der Waals surface area contributed by atoms with Gasteiger partial charge in [-0.25, -0.2) is 4.98 Å². The predicted octanol–water partition coefficient (Wildman–Crippen LogP) is 5.62. The van der Waals surface area contributed by atoms with E-state index < -0.39 is 13.5 Å². The summed E-state index contributed by atoms with van der Waals surface area (Å²) in [6, 6.07) is 5.66. The van der Waals surface area contributed by atoms with Gasteiger partial charge in [-0.2, -0.15) is 0 Å². The Morgan fingerprint density at radius 1 is 1.24 bits per heavy atom. The molecule has 0 bridgehead atoms. The van der Waals surface area contributed by atoms with Crippen LogP contribution in [0, 0.1) is 5.41 Å². The molecular weight excluding hydrogens is 502 g/mol. The average molecular weight is 548 g/mol. The van der Waals surface area contributed by atoms with Gasteiger partial charge in [0.15, 0.2) is 5.82 Å². The Balaban J connectivity index is 1.69. The third kappa shape index (κ3) is 6.41. The van der Waals surface area contributed by atoms with Gasteiger partial charge in [0.25, 0.3) is 0 Å². The molecule has 4 rings (SSSR count). The molecule has 9 heteroatoms. The van der Waals surface area contributed by atoms with E-state index in [0.717, 1.165) is 74.6 Å². The van der Waals surface area contributed by atoms with Crippen LogP contribution in [-0.4, -0.2) is 73.2 Å². The lowest BCUT2D eigenvalue weighted by Gasteiger charge is -2.41. The maximum absolute atomic E-state index is 14.0. The fraction of sp³-hybridized carbons (Fsp3) is 0.714. The summed E-state index contributed by atoms with van der Waals surface area (Å²) in [5.41, 5.74) is 8.37. The molecule has 0 amide bonds. The van der Waals surface area contributed by atoms with E-state index in [0.29, 0.717) is 30.2 Å². The topological polar surface area (TPSA) is 76.6 Å². The van der Waals surface area contributed by atoms with Crippen molar-refractivity contribution >= 4 is 42.2 Å². The number of aromatic nitrogens is 2. The highest BCUT2D eigenvalue weighted by atomic mass is 35.5. The number of halogens is 1. The average Bonchev–Trinajstić information content (AvgIpc) is 3.19. The number of benzene rings is 1. The van der Waals surface area contributed by atoms with Gasteiger partial charge in [0.2, 0.25) is 5.78 Å². The molecule has 1 aromatic heterocycles. The standard InChI is InChI=1S/C28H46ClN5O2Si/c1-7-32-12-13-33(20(2)18-32)24-17-23-25(16-22(24)29)34(19-36-14-15-37(4,5)6)27(31-23)26(35)28(3)10-8-21(30)9-11-28/h16-17,20-21H,7-15,18-19,30H2,1-6H3. The first-order valence-electron chi connectivity index (χ1n) is 14.0. The molecule has 2 heterocycles. The number of nitrogens with zero attached hydrogens (tertiary/aromatic N) is 4. The van der Waals surface area contributed by atoms with Crippen molar-refractivity contribution in [3.05, 3.63) is 23.0 Å². The van der Waals surface area contributed by atoms with E-state index >= 15 is 0 Å². The number of rotatable bonds is 9. The normalized spacial score (nSPS) is 25.7. The fourth-order valence-corrected chi connectivity index (χ4v) is 6.67. The second kappa shape index (κ2) is 11.3. The lowest BCUT2D eigenvalue weighted by atomic mass is 9.71. The minimum absolute atomic E-state index is 0.0898. The number of nitrogens with two attached hydrogens (primary N) is 1. The molecule has 206 valence electrons. The first-order valence-corrected chi connectivity index (χ1v) is 18.1. The second-order valence-corrected chi connectivity index (χ2v) is 18.7. The number of piperazine rings is 1. The van der Waals surface area contributed by atoms with E-state index in [1.54, 1.807) is 0 Å². The predicted molar refractivity (Wildman–Crippen MR) is 157 cm³/mol. The molecule has 0 spiro atoms. The summed E-state index contributed by atoms with van der Waals surface area (Å²) in [5.74, 6) is 0.574. The summed E-state index contributed by atoms with van der Waals surface area (Å²) in [6.45, 7) is 18.5. The molecular formula is C28H46ClN5O2Si. The van der Waals surface area contributed by atoms with E-state index in [-0.39, 0.29) is 11.8 Å². The zero-order valence-corrected chi connectivity index (χ0v) is 25.4. The molecule has 2 aromatic rings. The van der Waals surface area contributed by atoms with Crippen LogP contribution in [-0.2, 0) is 11.5 Å². The lowest BCUT2D eigenvalue weighted by Crippen LogP contribution is -2.51. The summed E-state index contributed by atoms with van der Waals surface area (Å²) in [6.07, 6.45) is 3.31. The van der Waals surface area contributed by atoms with Crippen molar-refractivity contribution in [1.29, 1.82) is 0 Å². The van der Waals surface area contributed by atoms with Gasteiger partial charge in [0, 0.05) is 51.8 Å².